The zero-order valence-electron chi connectivity index (χ0n) is 11.4. The molecule has 1 aromatic heterocycles. The zero-order valence-corrected chi connectivity index (χ0v) is 11.4. The standard InChI is InChI=1S/C15H20N2O2/c1-11(7-8-18)10-16-13-9-15(19)17(2)14-6-4-3-5-12(13)14/h3-6,9,11,16,18H,7-8,10H2,1-2H3. The second-order valence-electron chi connectivity index (χ2n) is 4.97. The summed E-state index contributed by atoms with van der Waals surface area (Å²) in [5.74, 6) is 0.368. The molecule has 0 saturated heterocycles. The highest BCUT2D eigenvalue weighted by atomic mass is 16.3. The molecule has 1 atom stereocenters. The van der Waals surface area contributed by atoms with Crippen LogP contribution < -0.4 is 10.9 Å². The number of aromatic nitrogens is 1. The number of pyridine rings is 1. The molecule has 0 fully saturated rings. The first kappa shape index (κ1) is 13.6. The first-order valence-corrected chi connectivity index (χ1v) is 6.57. The molecule has 0 radical (unpaired) electrons. The van der Waals surface area contributed by atoms with Crippen LogP contribution in [0.3, 0.4) is 0 Å². The van der Waals surface area contributed by atoms with Crippen LogP contribution in [-0.4, -0.2) is 22.8 Å². The molecular weight excluding hydrogens is 240 g/mol. The van der Waals surface area contributed by atoms with Gasteiger partial charge in [0.05, 0.1) is 5.52 Å². The Morgan fingerprint density at radius 2 is 2.11 bits per heavy atom. The van der Waals surface area contributed by atoms with E-state index in [1.165, 1.54) is 0 Å². The molecule has 1 unspecified atom stereocenters. The van der Waals surface area contributed by atoms with Gasteiger partial charge in [0.1, 0.15) is 0 Å². The van der Waals surface area contributed by atoms with Crippen LogP contribution in [0.4, 0.5) is 5.69 Å². The summed E-state index contributed by atoms with van der Waals surface area (Å²) in [6.45, 7) is 3.02. The lowest BCUT2D eigenvalue weighted by Crippen LogP contribution is -2.19. The second kappa shape index (κ2) is 5.89. The summed E-state index contributed by atoms with van der Waals surface area (Å²) in [5.41, 5.74) is 1.77. The van der Waals surface area contributed by atoms with Crippen molar-refractivity contribution in [3.8, 4) is 0 Å². The first-order chi connectivity index (χ1) is 9.13. The number of para-hydroxylation sites is 1. The normalized spacial score (nSPS) is 12.6. The summed E-state index contributed by atoms with van der Waals surface area (Å²) in [6, 6.07) is 9.48. The minimum absolute atomic E-state index is 0.0176. The molecule has 4 nitrogen and oxygen atoms in total. The molecule has 2 aromatic rings. The molecule has 2 N–H and O–H groups in total. The first-order valence-electron chi connectivity index (χ1n) is 6.57. The van der Waals surface area contributed by atoms with Gasteiger partial charge in [0.2, 0.25) is 0 Å². The number of benzene rings is 1. The molecule has 1 aromatic carbocycles. The Morgan fingerprint density at radius 1 is 1.37 bits per heavy atom. The number of aliphatic hydroxyl groups excluding tert-OH is 1. The predicted octanol–water partition coefficient (Wildman–Crippen LogP) is 1.97. The van der Waals surface area contributed by atoms with Crippen molar-refractivity contribution < 1.29 is 5.11 Å². The van der Waals surface area contributed by atoms with Crippen molar-refractivity contribution >= 4 is 16.6 Å². The van der Waals surface area contributed by atoms with Crippen molar-refractivity contribution in [3.05, 3.63) is 40.7 Å². The van der Waals surface area contributed by atoms with Gasteiger partial charge in [-0.15, -0.1) is 0 Å². The largest absolute Gasteiger partial charge is 0.396 e. The number of aryl methyl sites for hydroxylation is 1. The van der Waals surface area contributed by atoms with E-state index in [1.807, 2.05) is 24.3 Å². The van der Waals surface area contributed by atoms with Gasteiger partial charge in [0.15, 0.2) is 0 Å². The highest BCUT2D eigenvalue weighted by Crippen LogP contribution is 2.21. The highest BCUT2D eigenvalue weighted by Gasteiger charge is 2.07. The van der Waals surface area contributed by atoms with E-state index in [0.717, 1.165) is 29.6 Å². The van der Waals surface area contributed by atoms with Crippen LogP contribution in [0.5, 0.6) is 0 Å². The molecular formula is C15H20N2O2. The minimum atomic E-state index is -0.0176. The molecule has 19 heavy (non-hydrogen) atoms. The Morgan fingerprint density at radius 3 is 2.84 bits per heavy atom. The fourth-order valence-corrected chi connectivity index (χ4v) is 2.16. The number of nitrogens with one attached hydrogen (secondary N) is 1. The van der Waals surface area contributed by atoms with Gasteiger partial charge in [-0.1, -0.05) is 25.1 Å². The van der Waals surface area contributed by atoms with E-state index in [1.54, 1.807) is 17.7 Å². The Labute approximate surface area is 112 Å². The predicted molar refractivity (Wildman–Crippen MR) is 78.5 cm³/mol. The molecule has 0 bridgehead atoms. The van der Waals surface area contributed by atoms with Crippen molar-refractivity contribution in [2.45, 2.75) is 13.3 Å². The van der Waals surface area contributed by atoms with E-state index in [0.29, 0.717) is 5.92 Å². The average molecular weight is 260 g/mol. The molecule has 102 valence electrons. The van der Waals surface area contributed by atoms with Crippen LogP contribution in [-0.2, 0) is 7.05 Å². The number of hydrogen-bond donors (Lipinski definition) is 2. The quantitative estimate of drug-likeness (QED) is 0.864. The molecule has 0 aliphatic heterocycles. The van der Waals surface area contributed by atoms with E-state index in [-0.39, 0.29) is 12.2 Å². The molecule has 4 heteroatoms. The molecule has 0 aliphatic carbocycles. The van der Waals surface area contributed by atoms with Crippen LogP contribution in [0.2, 0.25) is 0 Å². The van der Waals surface area contributed by atoms with Crippen molar-refractivity contribution in [2.75, 3.05) is 18.5 Å². The summed E-state index contributed by atoms with van der Waals surface area (Å²) < 4.78 is 1.65. The summed E-state index contributed by atoms with van der Waals surface area (Å²) in [5, 5.41) is 13.3. The number of anilines is 1. The fourth-order valence-electron chi connectivity index (χ4n) is 2.16. The Bertz CT molecular complexity index is 619. The topological polar surface area (TPSA) is 54.3 Å². The zero-order chi connectivity index (χ0) is 13.8. The number of nitrogens with zero attached hydrogens (tertiary/aromatic N) is 1. The highest BCUT2D eigenvalue weighted by molar-refractivity contribution is 5.91. The molecule has 0 amide bonds. The van der Waals surface area contributed by atoms with Crippen LogP contribution in [0.15, 0.2) is 35.1 Å². The van der Waals surface area contributed by atoms with Gasteiger partial charge in [-0.25, -0.2) is 0 Å². The van der Waals surface area contributed by atoms with Crippen LogP contribution >= 0.6 is 0 Å². The molecule has 2 rings (SSSR count). The van der Waals surface area contributed by atoms with E-state index >= 15 is 0 Å². The lowest BCUT2D eigenvalue weighted by molar-refractivity contribution is 0.266. The SMILES string of the molecule is CC(CCO)CNc1cc(=O)n(C)c2ccccc12. The van der Waals surface area contributed by atoms with Crippen molar-refractivity contribution in [2.24, 2.45) is 13.0 Å². The third kappa shape index (κ3) is 2.96. The van der Waals surface area contributed by atoms with Gasteiger partial charge >= 0.3 is 0 Å². The van der Waals surface area contributed by atoms with Gasteiger partial charge in [0, 0.05) is 37.3 Å². The molecule has 0 saturated carbocycles. The van der Waals surface area contributed by atoms with Gasteiger partial charge in [0.25, 0.3) is 5.56 Å². The maximum Gasteiger partial charge on any atom is 0.252 e. The summed E-state index contributed by atoms with van der Waals surface area (Å²) in [6.07, 6.45) is 0.760. The van der Waals surface area contributed by atoms with E-state index in [4.69, 9.17) is 5.11 Å². The van der Waals surface area contributed by atoms with Gasteiger partial charge in [-0.05, 0) is 18.4 Å². The lowest BCUT2D eigenvalue weighted by Gasteiger charge is -2.15. The second-order valence-corrected chi connectivity index (χ2v) is 4.97. The van der Waals surface area contributed by atoms with E-state index in [2.05, 4.69) is 12.2 Å². The molecule has 0 aliphatic rings. The maximum absolute atomic E-state index is 11.9. The number of aliphatic hydroxyl groups is 1. The number of hydrogen-bond acceptors (Lipinski definition) is 3. The van der Waals surface area contributed by atoms with E-state index in [9.17, 15) is 4.79 Å². The smallest absolute Gasteiger partial charge is 0.252 e. The Kier molecular flexibility index (Phi) is 4.22. The fraction of sp³-hybridized carbons (Fsp3) is 0.400. The van der Waals surface area contributed by atoms with Gasteiger partial charge < -0.3 is 15.0 Å². The summed E-state index contributed by atoms with van der Waals surface area (Å²) in [4.78, 5) is 11.9. The van der Waals surface area contributed by atoms with Gasteiger partial charge in [-0.2, -0.15) is 0 Å². The van der Waals surface area contributed by atoms with Crippen LogP contribution in [0, 0.1) is 5.92 Å². The third-order valence-electron chi connectivity index (χ3n) is 3.42. The van der Waals surface area contributed by atoms with Crippen molar-refractivity contribution in [3.63, 3.8) is 0 Å². The summed E-state index contributed by atoms with van der Waals surface area (Å²) >= 11 is 0. The molecule has 1 heterocycles. The average Bonchev–Trinajstić information content (AvgIpc) is 2.42. The van der Waals surface area contributed by atoms with Crippen LogP contribution in [0.25, 0.3) is 10.9 Å². The van der Waals surface area contributed by atoms with E-state index < -0.39 is 0 Å². The van der Waals surface area contributed by atoms with Crippen molar-refractivity contribution in [1.82, 2.24) is 4.57 Å². The number of fused-ring (bicyclic) bond motifs is 1. The summed E-state index contributed by atoms with van der Waals surface area (Å²) in [7, 11) is 1.78. The van der Waals surface area contributed by atoms with Crippen molar-refractivity contribution in [1.29, 1.82) is 0 Å². The third-order valence-corrected chi connectivity index (χ3v) is 3.42. The Hall–Kier alpha value is -1.81. The Balaban J connectivity index is 2.33. The monoisotopic (exact) mass is 260 g/mol. The lowest BCUT2D eigenvalue weighted by atomic mass is 10.1. The minimum Gasteiger partial charge on any atom is -0.396 e. The van der Waals surface area contributed by atoms with Gasteiger partial charge in [-0.3, -0.25) is 4.79 Å². The molecule has 0 spiro atoms. The maximum atomic E-state index is 11.9. The van der Waals surface area contributed by atoms with Crippen LogP contribution in [0.1, 0.15) is 13.3 Å². The number of rotatable bonds is 5.